The van der Waals surface area contributed by atoms with Gasteiger partial charge in [-0.1, -0.05) is 12.1 Å². The molecule has 0 atom stereocenters. The molecule has 2 aromatic carbocycles. The molecule has 0 spiro atoms. The van der Waals surface area contributed by atoms with Gasteiger partial charge in [-0.15, -0.1) is 0 Å². The van der Waals surface area contributed by atoms with Crippen LogP contribution in [0, 0.1) is 0 Å². The summed E-state index contributed by atoms with van der Waals surface area (Å²) < 4.78 is 12.1. The normalized spacial score (nSPS) is 10.6. The first-order valence-corrected chi connectivity index (χ1v) is 7.54. The number of rotatable bonds is 5. The summed E-state index contributed by atoms with van der Waals surface area (Å²) in [6, 6.07) is 13.0. The lowest BCUT2D eigenvalue weighted by Crippen LogP contribution is -2.22. The molecule has 6 nitrogen and oxygen atoms in total. The van der Waals surface area contributed by atoms with Crippen LogP contribution in [0.3, 0.4) is 0 Å². The summed E-state index contributed by atoms with van der Waals surface area (Å²) >= 11 is 0. The minimum atomic E-state index is -0.141. The second kappa shape index (κ2) is 6.62. The Kier molecular flexibility index (Phi) is 4.37. The first-order valence-electron chi connectivity index (χ1n) is 7.54. The van der Waals surface area contributed by atoms with E-state index in [0.717, 1.165) is 22.2 Å². The van der Waals surface area contributed by atoms with E-state index in [1.54, 1.807) is 31.0 Å². The number of fused-ring (bicyclic) bond motifs is 1. The predicted octanol–water partition coefficient (Wildman–Crippen LogP) is 2.52. The maximum Gasteiger partial charge on any atom is 0.251 e. The van der Waals surface area contributed by atoms with Gasteiger partial charge in [-0.3, -0.25) is 4.79 Å². The van der Waals surface area contributed by atoms with Gasteiger partial charge in [-0.05, 0) is 35.9 Å². The average Bonchev–Trinajstić information content (AvgIpc) is 2.94. The highest BCUT2D eigenvalue weighted by molar-refractivity contribution is 5.98. The lowest BCUT2D eigenvalue weighted by Gasteiger charge is -2.06. The van der Waals surface area contributed by atoms with Crippen LogP contribution in [0.25, 0.3) is 10.9 Å². The number of carbonyl (C=O) groups excluding carboxylic acids is 1. The van der Waals surface area contributed by atoms with E-state index >= 15 is 0 Å². The fraction of sp³-hybridized carbons (Fsp3) is 0.222. The average molecular weight is 325 g/mol. The molecule has 1 aromatic heterocycles. The summed E-state index contributed by atoms with van der Waals surface area (Å²) in [5, 5.41) is 8.15. The van der Waals surface area contributed by atoms with Crippen LogP contribution in [-0.2, 0) is 13.6 Å². The van der Waals surface area contributed by atoms with Crippen molar-refractivity contribution < 1.29 is 14.3 Å². The number of benzene rings is 2. The Hall–Kier alpha value is -3.02. The summed E-state index contributed by atoms with van der Waals surface area (Å²) in [4.78, 5) is 12.3. The fourth-order valence-corrected chi connectivity index (χ4v) is 2.59. The van der Waals surface area contributed by atoms with E-state index in [9.17, 15) is 4.79 Å². The Morgan fingerprint density at radius 2 is 1.88 bits per heavy atom. The van der Waals surface area contributed by atoms with Gasteiger partial charge in [-0.25, -0.2) is 4.68 Å². The third-order valence-corrected chi connectivity index (χ3v) is 3.85. The molecule has 1 amide bonds. The van der Waals surface area contributed by atoms with Crippen LogP contribution in [0.2, 0.25) is 0 Å². The summed E-state index contributed by atoms with van der Waals surface area (Å²) in [5.41, 5.74) is 2.30. The van der Waals surface area contributed by atoms with E-state index in [1.165, 1.54) is 0 Å². The number of carbonyl (C=O) groups is 1. The number of hydrogen-bond donors (Lipinski definition) is 1. The number of aromatic nitrogens is 2. The second-order valence-electron chi connectivity index (χ2n) is 5.40. The molecule has 0 unspecified atom stereocenters. The van der Waals surface area contributed by atoms with E-state index in [-0.39, 0.29) is 5.91 Å². The van der Waals surface area contributed by atoms with Crippen LogP contribution < -0.4 is 14.8 Å². The SMILES string of the molecule is COc1ccc(CNC(=O)c2ccc3c(OC)n(C)nc3c2)cc1. The van der Waals surface area contributed by atoms with Crippen molar-refractivity contribution in [3.63, 3.8) is 0 Å². The van der Waals surface area contributed by atoms with Gasteiger partial charge < -0.3 is 14.8 Å². The molecule has 0 bridgehead atoms. The third-order valence-electron chi connectivity index (χ3n) is 3.85. The van der Waals surface area contributed by atoms with Crippen LogP contribution in [-0.4, -0.2) is 29.9 Å². The zero-order valence-corrected chi connectivity index (χ0v) is 13.9. The van der Waals surface area contributed by atoms with Gasteiger partial charge in [0, 0.05) is 19.2 Å². The van der Waals surface area contributed by atoms with Gasteiger partial charge in [0.1, 0.15) is 5.75 Å². The molecule has 0 aliphatic rings. The van der Waals surface area contributed by atoms with Crippen molar-refractivity contribution in [3.8, 4) is 11.6 Å². The van der Waals surface area contributed by atoms with E-state index < -0.39 is 0 Å². The molecule has 1 heterocycles. The van der Waals surface area contributed by atoms with Gasteiger partial charge in [0.15, 0.2) is 0 Å². The summed E-state index contributed by atoms with van der Waals surface area (Å²) in [5.74, 6) is 1.33. The largest absolute Gasteiger partial charge is 0.497 e. The minimum Gasteiger partial charge on any atom is -0.497 e. The molecule has 3 rings (SSSR count). The van der Waals surface area contributed by atoms with Gasteiger partial charge in [0.25, 0.3) is 5.91 Å². The lowest BCUT2D eigenvalue weighted by molar-refractivity contribution is 0.0951. The first kappa shape index (κ1) is 15.9. The fourth-order valence-electron chi connectivity index (χ4n) is 2.59. The number of amides is 1. The second-order valence-corrected chi connectivity index (χ2v) is 5.40. The Labute approximate surface area is 140 Å². The Balaban J connectivity index is 1.73. The third kappa shape index (κ3) is 3.03. The number of methoxy groups -OCH3 is 2. The molecule has 24 heavy (non-hydrogen) atoms. The Bertz CT molecular complexity index is 869. The van der Waals surface area contributed by atoms with E-state index in [0.29, 0.717) is 18.0 Å². The molecule has 0 fully saturated rings. The minimum absolute atomic E-state index is 0.141. The smallest absolute Gasteiger partial charge is 0.251 e. The Morgan fingerprint density at radius 1 is 1.12 bits per heavy atom. The zero-order chi connectivity index (χ0) is 17.1. The van der Waals surface area contributed by atoms with Gasteiger partial charge >= 0.3 is 0 Å². The molecule has 0 radical (unpaired) electrons. The van der Waals surface area contributed by atoms with Gasteiger partial charge in [0.2, 0.25) is 5.88 Å². The van der Waals surface area contributed by atoms with Crippen molar-refractivity contribution in [1.29, 1.82) is 0 Å². The number of ether oxygens (including phenoxy) is 2. The van der Waals surface area contributed by atoms with E-state index in [2.05, 4.69) is 10.4 Å². The molecule has 124 valence electrons. The van der Waals surface area contributed by atoms with Crippen molar-refractivity contribution in [3.05, 3.63) is 53.6 Å². The summed E-state index contributed by atoms with van der Waals surface area (Å²) in [6.45, 7) is 0.451. The first-order chi connectivity index (χ1) is 11.6. The quantitative estimate of drug-likeness (QED) is 0.783. The maximum atomic E-state index is 12.3. The Morgan fingerprint density at radius 3 is 2.54 bits per heavy atom. The van der Waals surface area contributed by atoms with Crippen molar-refractivity contribution in [2.45, 2.75) is 6.54 Å². The van der Waals surface area contributed by atoms with Crippen molar-refractivity contribution in [1.82, 2.24) is 15.1 Å². The molecule has 0 saturated carbocycles. The van der Waals surface area contributed by atoms with E-state index in [4.69, 9.17) is 9.47 Å². The molecule has 6 heteroatoms. The standard InChI is InChI=1S/C18H19N3O3/c1-21-18(24-3)15-9-6-13(10-16(15)20-21)17(22)19-11-12-4-7-14(23-2)8-5-12/h4-10H,11H2,1-3H3,(H,19,22). The van der Waals surface area contributed by atoms with Gasteiger partial charge in [0.05, 0.1) is 25.1 Å². The predicted molar refractivity (Wildman–Crippen MR) is 91.4 cm³/mol. The highest BCUT2D eigenvalue weighted by Crippen LogP contribution is 2.25. The zero-order valence-electron chi connectivity index (χ0n) is 13.9. The highest BCUT2D eigenvalue weighted by Gasteiger charge is 2.12. The number of nitrogens with one attached hydrogen (secondary N) is 1. The van der Waals surface area contributed by atoms with Crippen LogP contribution in [0.5, 0.6) is 11.6 Å². The molecule has 3 aromatic rings. The van der Waals surface area contributed by atoms with Crippen LogP contribution in [0.4, 0.5) is 0 Å². The summed E-state index contributed by atoms with van der Waals surface area (Å²) in [7, 11) is 5.04. The number of nitrogens with zero attached hydrogens (tertiary/aromatic N) is 2. The molecule has 0 aliphatic heterocycles. The molecule has 1 N–H and O–H groups in total. The van der Waals surface area contributed by atoms with Crippen LogP contribution in [0.15, 0.2) is 42.5 Å². The molecule has 0 saturated heterocycles. The van der Waals surface area contributed by atoms with Crippen molar-refractivity contribution in [2.75, 3.05) is 14.2 Å². The van der Waals surface area contributed by atoms with Crippen LogP contribution >= 0.6 is 0 Å². The van der Waals surface area contributed by atoms with Crippen LogP contribution in [0.1, 0.15) is 15.9 Å². The van der Waals surface area contributed by atoms with Crippen molar-refractivity contribution >= 4 is 16.8 Å². The molecular weight excluding hydrogens is 306 g/mol. The number of aryl methyl sites for hydroxylation is 1. The monoisotopic (exact) mass is 325 g/mol. The topological polar surface area (TPSA) is 65.4 Å². The summed E-state index contributed by atoms with van der Waals surface area (Å²) in [6.07, 6.45) is 0. The molecule has 0 aliphatic carbocycles. The molecular formula is C18H19N3O3. The van der Waals surface area contributed by atoms with E-state index in [1.807, 2.05) is 37.4 Å². The number of hydrogen-bond acceptors (Lipinski definition) is 4. The lowest BCUT2D eigenvalue weighted by atomic mass is 10.1. The van der Waals surface area contributed by atoms with Gasteiger partial charge in [-0.2, -0.15) is 5.10 Å². The maximum absolute atomic E-state index is 12.3. The highest BCUT2D eigenvalue weighted by atomic mass is 16.5. The van der Waals surface area contributed by atoms with Crippen molar-refractivity contribution in [2.24, 2.45) is 7.05 Å².